The highest BCUT2D eigenvalue weighted by Crippen LogP contribution is 2.53. The highest BCUT2D eigenvalue weighted by atomic mass is 16.5. The first kappa shape index (κ1) is 11.5. The third-order valence-electron chi connectivity index (χ3n) is 5.44. The fourth-order valence-electron chi connectivity index (χ4n) is 4.40. The lowest BCUT2D eigenvalue weighted by Crippen LogP contribution is -2.39. The van der Waals surface area contributed by atoms with Gasteiger partial charge in [-0.15, -0.1) is 0 Å². The molecule has 2 bridgehead atoms. The summed E-state index contributed by atoms with van der Waals surface area (Å²) in [6, 6.07) is 0. The Balaban J connectivity index is 1.70. The van der Waals surface area contributed by atoms with Gasteiger partial charge in [0.2, 0.25) is 0 Å². The SMILES string of the molecule is O=C(O)C1(CC2CC3CCC2C3)CCOCC1. The molecular formula is C14H22O3. The molecule has 17 heavy (non-hydrogen) atoms. The first-order valence-electron chi connectivity index (χ1n) is 7.01. The lowest BCUT2D eigenvalue weighted by atomic mass is 9.70. The molecule has 3 aliphatic rings. The number of hydrogen-bond donors (Lipinski definition) is 1. The molecule has 3 nitrogen and oxygen atoms in total. The van der Waals surface area contributed by atoms with E-state index in [1.165, 1.54) is 25.7 Å². The molecule has 1 N–H and O–H groups in total. The van der Waals surface area contributed by atoms with E-state index in [-0.39, 0.29) is 0 Å². The molecule has 0 amide bonds. The van der Waals surface area contributed by atoms with Crippen molar-refractivity contribution in [3.63, 3.8) is 0 Å². The number of hydrogen-bond acceptors (Lipinski definition) is 2. The number of ether oxygens (including phenoxy) is 1. The third-order valence-corrected chi connectivity index (χ3v) is 5.44. The Morgan fingerprint density at radius 1 is 1.24 bits per heavy atom. The van der Waals surface area contributed by atoms with Crippen molar-refractivity contribution in [3.05, 3.63) is 0 Å². The van der Waals surface area contributed by atoms with Crippen LogP contribution in [-0.4, -0.2) is 24.3 Å². The minimum atomic E-state index is -0.580. The topological polar surface area (TPSA) is 46.5 Å². The fourth-order valence-corrected chi connectivity index (χ4v) is 4.40. The van der Waals surface area contributed by atoms with E-state index in [2.05, 4.69) is 0 Å². The average molecular weight is 238 g/mol. The summed E-state index contributed by atoms with van der Waals surface area (Å²) in [5, 5.41) is 9.56. The van der Waals surface area contributed by atoms with Crippen LogP contribution in [0.15, 0.2) is 0 Å². The van der Waals surface area contributed by atoms with Crippen molar-refractivity contribution in [1.82, 2.24) is 0 Å². The molecule has 0 radical (unpaired) electrons. The van der Waals surface area contributed by atoms with Crippen LogP contribution in [0.25, 0.3) is 0 Å². The molecular weight excluding hydrogens is 216 g/mol. The summed E-state index contributed by atoms with van der Waals surface area (Å²) in [6.45, 7) is 1.26. The highest BCUT2D eigenvalue weighted by Gasteiger charge is 2.47. The Labute approximate surface area is 103 Å². The van der Waals surface area contributed by atoms with Crippen molar-refractivity contribution < 1.29 is 14.6 Å². The van der Waals surface area contributed by atoms with Crippen LogP contribution in [0.1, 0.15) is 44.9 Å². The molecule has 96 valence electrons. The Morgan fingerprint density at radius 3 is 2.53 bits per heavy atom. The van der Waals surface area contributed by atoms with Gasteiger partial charge in [-0.1, -0.05) is 6.42 Å². The molecule has 3 fully saturated rings. The van der Waals surface area contributed by atoms with Gasteiger partial charge in [-0.25, -0.2) is 0 Å². The molecule has 3 heteroatoms. The maximum absolute atomic E-state index is 11.6. The van der Waals surface area contributed by atoms with Gasteiger partial charge in [0.1, 0.15) is 0 Å². The van der Waals surface area contributed by atoms with Crippen molar-refractivity contribution in [2.24, 2.45) is 23.2 Å². The lowest BCUT2D eigenvalue weighted by molar-refractivity contribution is -0.157. The quantitative estimate of drug-likeness (QED) is 0.822. The molecule has 0 aromatic rings. The Morgan fingerprint density at radius 2 is 2.00 bits per heavy atom. The van der Waals surface area contributed by atoms with Gasteiger partial charge in [-0.2, -0.15) is 0 Å². The van der Waals surface area contributed by atoms with Gasteiger partial charge in [0.05, 0.1) is 5.41 Å². The van der Waals surface area contributed by atoms with Gasteiger partial charge in [-0.3, -0.25) is 4.79 Å². The van der Waals surface area contributed by atoms with E-state index in [1.807, 2.05) is 0 Å². The van der Waals surface area contributed by atoms with E-state index in [1.54, 1.807) is 0 Å². The molecule has 0 spiro atoms. The van der Waals surface area contributed by atoms with Crippen LogP contribution in [0.5, 0.6) is 0 Å². The minimum absolute atomic E-state index is 0.465. The molecule has 2 saturated carbocycles. The Kier molecular flexibility index (Phi) is 2.89. The summed E-state index contributed by atoms with van der Waals surface area (Å²) in [7, 11) is 0. The predicted octanol–water partition coefficient (Wildman–Crippen LogP) is 2.69. The molecule has 0 aromatic carbocycles. The Hall–Kier alpha value is -0.570. The summed E-state index contributed by atoms with van der Waals surface area (Å²) < 4.78 is 5.34. The number of aliphatic carboxylic acids is 1. The Bertz CT molecular complexity index is 307. The van der Waals surface area contributed by atoms with E-state index in [4.69, 9.17) is 4.74 Å². The zero-order valence-electron chi connectivity index (χ0n) is 10.4. The predicted molar refractivity (Wildman–Crippen MR) is 63.7 cm³/mol. The standard InChI is InChI=1S/C14H22O3/c15-13(16)14(3-5-17-6-4-14)9-12-8-10-1-2-11(12)7-10/h10-12H,1-9H2,(H,15,16). The molecule has 0 aromatic heterocycles. The van der Waals surface area contributed by atoms with E-state index in [0.29, 0.717) is 19.1 Å². The van der Waals surface area contributed by atoms with Crippen LogP contribution < -0.4 is 0 Å². The maximum atomic E-state index is 11.6. The smallest absolute Gasteiger partial charge is 0.309 e. The van der Waals surface area contributed by atoms with E-state index < -0.39 is 11.4 Å². The van der Waals surface area contributed by atoms with Crippen LogP contribution in [0.4, 0.5) is 0 Å². The molecule has 3 rings (SSSR count). The van der Waals surface area contributed by atoms with Crippen molar-refractivity contribution in [2.45, 2.75) is 44.9 Å². The van der Waals surface area contributed by atoms with E-state index in [9.17, 15) is 9.90 Å². The van der Waals surface area contributed by atoms with Crippen molar-refractivity contribution in [1.29, 1.82) is 0 Å². The normalized spacial score (nSPS) is 39.4. The number of fused-ring (bicyclic) bond motifs is 2. The summed E-state index contributed by atoms with van der Waals surface area (Å²) in [6.07, 6.45) is 7.75. The van der Waals surface area contributed by atoms with Gasteiger partial charge >= 0.3 is 5.97 Å². The average Bonchev–Trinajstić information content (AvgIpc) is 2.92. The van der Waals surface area contributed by atoms with Gasteiger partial charge in [0.25, 0.3) is 0 Å². The summed E-state index contributed by atoms with van der Waals surface area (Å²) in [5.74, 6) is 1.85. The van der Waals surface area contributed by atoms with Crippen LogP contribution in [-0.2, 0) is 9.53 Å². The second-order valence-electron chi connectivity index (χ2n) is 6.34. The molecule has 3 unspecified atom stereocenters. The number of carboxylic acids is 1. The number of carboxylic acid groups (broad SMARTS) is 1. The van der Waals surface area contributed by atoms with Gasteiger partial charge in [-0.05, 0) is 56.3 Å². The lowest BCUT2D eigenvalue weighted by Gasteiger charge is -2.37. The van der Waals surface area contributed by atoms with Crippen LogP contribution in [0, 0.1) is 23.2 Å². The zero-order valence-corrected chi connectivity index (χ0v) is 10.4. The van der Waals surface area contributed by atoms with Crippen LogP contribution in [0.2, 0.25) is 0 Å². The van der Waals surface area contributed by atoms with Crippen molar-refractivity contribution >= 4 is 5.97 Å². The second-order valence-corrected chi connectivity index (χ2v) is 6.34. The summed E-state index contributed by atoms with van der Waals surface area (Å²) in [5.41, 5.74) is -0.465. The van der Waals surface area contributed by atoms with E-state index >= 15 is 0 Å². The number of carbonyl (C=O) groups is 1. The molecule has 1 saturated heterocycles. The fraction of sp³-hybridized carbons (Fsp3) is 0.929. The molecule has 1 aliphatic heterocycles. The second kappa shape index (κ2) is 4.27. The zero-order chi connectivity index (χ0) is 11.9. The van der Waals surface area contributed by atoms with Gasteiger partial charge < -0.3 is 9.84 Å². The molecule has 1 heterocycles. The van der Waals surface area contributed by atoms with Crippen molar-refractivity contribution in [2.75, 3.05) is 13.2 Å². The largest absolute Gasteiger partial charge is 0.481 e. The molecule has 2 aliphatic carbocycles. The van der Waals surface area contributed by atoms with Crippen LogP contribution >= 0.6 is 0 Å². The van der Waals surface area contributed by atoms with Gasteiger partial charge in [0, 0.05) is 13.2 Å². The van der Waals surface area contributed by atoms with Gasteiger partial charge in [0.15, 0.2) is 0 Å². The minimum Gasteiger partial charge on any atom is -0.481 e. The van der Waals surface area contributed by atoms with Crippen LogP contribution in [0.3, 0.4) is 0 Å². The summed E-state index contributed by atoms with van der Waals surface area (Å²) >= 11 is 0. The summed E-state index contributed by atoms with van der Waals surface area (Å²) in [4.78, 5) is 11.6. The number of rotatable bonds is 3. The maximum Gasteiger partial charge on any atom is 0.309 e. The highest BCUT2D eigenvalue weighted by molar-refractivity contribution is 5.74. The monoisotopic (exact) mass is 238 g/mol. The molecule has 3 atom stereocenters. The van der Waals surface area contributed by atoms with Crippen molar-refractivity contribution in [3.8, 4) is 0 Å². The third kappa shape index (κ3) is 1.99. The first-order chi connectivity index (χ1) is 8.20. The first-order valence-corrected chi connectivity index (χ1v) is 7.01. The van der Waals surface area contributed by atoms with E-state index in [0.717, 1.165) is 31.1 Å².